The predicted molar refractivity (Wildman–Crippen MR) is 64.2 cm³/mol. The average molecular weight is 214 g/mol. The maximum Gasteiger partial charge on any atom is 0.0506 e. The standard InChI is InChI=1S/C12H26N2O/c1-12(2,14(3)4)10-13-8-11-6-5-7-15-9-11/h11,13H,5-10H2,1-4H3. The highest BCUT2D eigenvalue weighted by molar-refractivity contribution is 4.80. The van der Waals surface area contributed by atoms with E-state index in [1.807, 2.05) is 0 Å². The van der Waals surface area contributed by atoms with Crippen LogP contribution in [0, 0.1) is 5.92 Å². The van der Waals surface area contributed by atoms with Crippen molar-refractivity contribution in [2.24, 2.45) is 5.92 Å². The van der Waals surface area contributed by atoms with Crippen LogP contribution >= 0.6 is 0 Å². The van der Waals surface area contributed by atoms with Crippen LogP contribution in [0.2, 0.25) is 0 Å². The van der Waals surface area contributed by atoms with Crippen LogP contribution in [0.15, 0.2) is 0 Å². The molecule has 0 radical (unpaired) electrons. The Balaban J connectivity index is 2.14. The molecule has 0 aromatic carbocycles. The summed E-state index contributed by atoms with van der Waals surface area (Å²) in [5.74, 6) is 0.719. The van der Waals surface area contributed by atoms with Gasteiger partial charge < -0.3 is 15.0 Å². The van der Waals surface area contributed by atoms with Crippen LogP contribution in [0.1, 0.15) is 26.7 Å². The maximum atomic E-state index is 5.46. The minimum absolute atomic E-state index is 0.232. The fraction of sp³-hybridized carbons (Fsp3) is 1.00. The van der Waals surface area contributed by atoms with E-state index in [4.69, 9.17) is 4.74 Å². The Kier molecular flexibility index (Phi) is 5.03. The molecule has 15 heavy (non-hydrogen) atoms. The van der Waals surface area contributed by atoms with Gasteiger partial charge in [-0.1, -0.05) is 0 Å². The number of hydrogen-bond acceptors (Lipinski definition) is 3. The summed E-state index contributed by atoms with van der Waals surface area (Å²) >= 11 is 0. The molecule has 1 fully saturated rings. The molecule has 1 heterocycles. The van der Waals surface area contributed by atoms with Gasteiger partial charge in [-0.05, 0) is 46.7 Å². The van der Waals surface area contributed by atoms with Gasteiger partial charge in [0.2, 0.25) is 0 Å². The van der Waals surface area contributed by atoms with Gasteiger partial charge in [0.25, 0.3) is 0 Å². The van der Waals surface area contributed by atoms with Crippen molar-refractivity contribution >= 4 is 0 Å². The third-order valence-corrected chi connectivity index (χ3v) is 3.46. The topological polar surface area (TPSA) is 24.5 Å². The first-order chi connectivity index (χ1) is 7.02. The molecule has 3 heteroatoms. The number of nitrogens with one attached hydrogen (secondary N) is 1. The Hall–Kier alpha value is -0.120. The maximum absolute atomic E-state index is 5.46. The summed E-state index contributed by atoms with van der Waals surface area (Å²) in [6.07, 6.45) is 2.54. The lowest BCUT2D eigenvalue weighted by atomic mass is 10.0. The smallest absolute Gasteiger partial charge is 0.0506 e. The van der Waals surface area contributed by atoms with Crippen molar-refractivity contribution in [3.05, 3.63) is 0 Å². The third-order valence-electron chi connectivity index (χ3n) is 3.46. The minimum atomic E-state index is 0.232. The summed E-state index contributed by atoms with van der Waals surface area (Å²) < 4.78 is 5.46. The number of rotatable bonds is 5. The van der Waals surface area contributed by atoms with Gasteiger partial charge in [-0.15, -0.1) is 0 Å². The van der Waals surface area contributed by atoms with Gasteiger partial charge in [0.15, 0.2) is 0 Å². The van der Waals surface area contributed by atoms with Crippen molar-refractivity contribution in [1.29, 1.82) is 0 Å². The number of nitrogens with zero attached hydrogens (tertiary/aromatic N) is 1. The largest absolute Gasteiger partial charge is 0.381 e. The van der Waals surface area contributed by atoms with E-state index in [-0.39, 0.29) is 5.54 Å². The highest BCUT2D eigenvalue weighted by Gasteiger charge is 2.20. The Labute approximate surface area is 94.2 Å². The van der Waals surface area contributed by atoms with Crippen molar-refractivity contribution in [3.8, 4) is 0 Å². The van der Waals surface area contributed by atoms with Gasteiger partial charge in [-0.2, -0.15) is 0 Å². The summed E-state index contributed by atoms with van der Waals surface area (Å²) in [5, 5.41) is 3.56. The van der Waals surface area contributed by atoms with E-state index in [1.54, 1.807) is 0 Å². The number of ether oxygens (including phenoxy) is 1. The van der Waals surface area contributed by atoms with E-state index in [0.29, 0.717) is 0 Å². The first-order valence-electron chi connectivity index (χ1n) is 5.98. The molecule has 0 aromatic heterocycles. The Morgan fingerprint density at radius 3 is 2.67 bits per heavy atom. The Morgan fingerprint density at radius 1 is 1.40 bits per heavy atom. The Morgan fingerprint density at radius 2 is 2.13 bits per heavy atom. The minimum Gasteiger partial charge on any atom is -0.381 e. The van der Waals surface area contributed by atoms with Crippen LogP contribution < -0.4 is 5.32 Å². The fourth-order valence-electron chi connectivity index (χ4n) is 1.71. The van der Waals surface area contributed by atoms with Crippen LogP contribution in [0.25, 0.3) is 0 Å². The highest BCUT2D eigenvalue weighted by atomic mass is 16.5. The zero-order valence-corrected chi connectivity index (χ0v) is 10.7. The summed E-state index contributed by atoms with van der Waals surface area (Å²) in [4.78, 5) is 2.26. The van der Waals surface area contributed by atoms with Crippen LogP contribution in [-0.4, -0.2) is 50.8 Å². The van der Waals surface area contributed by atoms with E-state index in [9.17, 15) is 0 Å². The number of likely N-dealkylation sites (N-methyl/N-ethyl adjacent to an activating group) is 1. The molecule has 0 spiro atoms. The van der Waals surface area contributed by atoms with Gasteiger partial charge in [-0.25, -0.2) is 0 Å². The van der Waals surface area contributed by atoms with Crippen molar-refractivity contribution in [2.75, 3.05) is 40.4 Å². The molecule has 0 amide bonds. The molecule has 0 saturated carbocycles. The highest BCUT2D eigenvalue weighted by Crippen LogP contribution is 2.13. The quantitative estimate of drug-likeness (QED) is 0.747. The summed E-state index contributed by atoms with van der Waals surface area (Å²) in [5.41, 5.74) is 0.232. The molecular formula is C12H26N2O. The summed E-state index contributed by atoms with van der Waals surface area (Å²) in [7, 11) is 4.26. The molecular weight excluding hydrogens is 188 g/mol. The van der Waals surface area contributed by atoms with Crippen molar-refractivity contribution in [2.45, 2.75) is 32.2 Å². The van der Waals surface area contributed by atoms with Crippen molar-refractivity contribution in [3.63, 3.8) is 0 Å². The second kappa shape index (κ2) is 5.83. The van der Waals surface area contributed by atoms with Gasteiger partial charge in [0, 0.05) is 25.2 Å². The molecule has 0 bridgehead atoms. The molecule has 1 N–H and O–H groups in total. The van der Waals surface area contributed by atoms with E-state index in [2.05, 4.69) is 38.2 Å². The molecule has 1 saturated heterocycles. The van der Waals surface area contributed by atoms with E-state index in [1.165, 1.54) is 12.8 Å². The van der Waals surface area contributed by atoms with Gasteiger partial charge in [0.05, 0.1) is 6.61 Å². The fourth-order valence-corrected chi connectivity index (χ4v) is 1.71. The molecule has 0 aromatic rings. The SMILES string of the molecule is CN(C)C(C)(C)CNCC1CCCOC1. The van der Waals surface area contributed by atoms with Crippen LogP contribution in [0.3, 0.4) is 0 Å². The van der Waals surface area contributed by atoms with E-state index in [0.717, 1.165) is 32.2 Å². The van der Waals surface area contributed by atoms with Crippen LogP contribution in [0.4, 0.5) is 0 Å². The molecule has 1 unspecified atom stereocenters. The zero-order chi connectivity index (χ0) is 11.3. The second-order valence-electron chi connectivity index (χ2n) is 5.42. The van der Waals surface area contributed by atoms with Gasteiger partial charge in [0.1, 0.15) is 0 Å². The molecule has 90 valence electrons. The van der Waals surface area contributed by atoms with E-state index < -0.39 is 0 Å². The van der Waals surface area contributed by atoms with Gasteiger partial charge >= 0.3 is 0 Å². The monoisotopic (exact) mass is 214 g/mol. The third kappa shape index (κ3) is 4.49. The lowest BCUT2D eigenvalue weighted by Crippen LogP contribution is -2.47. The van der Waals surface area contributed by atoms with Crippen LogP contribution in [-0.2, 0) is 4.74 Å². The second-order valence-corrected chi connectivity index (χ2v) is 5.42. The van der Waals surface area contributed by atoms with Gasteiger partial charge in [-0.3, -0.25) is 0 Å². The molecule has 1 rings (SSSR count). The van der Waals surface area contributed by atoms with Crippen molar-refractivity contribution in [1.82, 2.24) is 10.2 Å². The first-order valence-corrected chi connectivity index (χ1v) is 5.98. The van der Waals surface area contributed by atoms with Crippen molar-refractivity contribution < 1.29 is 4.74 Å². The number of hydrogen-bond donors (Lipinski definition) is 1. The molecule has 3 nitrogen and oxygen atoms in total. The lowest BCUT2D eigenvalue weighted by molar-refractivity contribution is 0.0533. The lowest BCUT2D eigenvalue weighted by Gasteiger charge is -2.33. The Bertz CT molecular complexity index is 174. The molecule has 1 aliphatic rings. The predicted octanol–water partition coefficient (Wildman–Crippen LogP) is 1.34. The molecule has 1 aliphatic heterocycles. The summed E-state index contributed by atoms with van der Waals surface area (Å²) in [6.45, 7) is 8.55. The zero-order valence-electron chi connectivity index (χ0n) is 10.7. The normalized spacial score (nSPS) is 23.4. The van der Waals surface area contributed by atoms with Crippen LogP contribution in [0.5, 0.6) is 0 Å². The summed E-state index contributed by atoms with van der Waals surface area (Å²) in [6, 6.07) is 0. The molecule has 1 atom stereocenters. The molecule has 0 aliphatic carbocycles. The average Bonchev–Trinajstić information content (AvgIpc) is 2.19. The first kappa shape index (κ1) is 12.9. The van der Waals surface area contributed by atoms with E-state index >= 15 is 0 Å².